The number of amidine groups is 1. The van der Waals surface area contributed by atoms with Crippen molar-refractivity contribution in [2.45, 2.75) is 6.42 Å². The molecule has 0 spiro atoms. The standard InChI is InChI=1S/C9H9N4O.Mo/c10-9(13-14)4-6-1-2-8-7(3-6)5-11-12-8;/h1-3,5H,4H2,(H3-,10,11,12,13,14);/q-1;. The van der Waals surface area contributed by atoms with Crippen molar-refractivity contribution in [1.29, 1.82) is 0 Å². The molecule has 78 valence electrons. The van der Waals surface area contributed by atoms with Gasteiger partial charge in [-0.1, -0.05) is 23.4 Å². The molecule has 0 saturated carbocycles. The number of aromatic nitrogens is 2. The largest absolute Gasteiger partial charge is 0.575 e. The van der Waals surface area contributed by atoms with Gasteiger partial charge >= 0.3 is 0 Å². The van der Waals surface area contributed by atoms with Crippen molar-refractivity contribution in [3.8, 4) is 0 Å². The van der Waals surface area contributed by atoms with Crippen molar-refractivity contribution >= 4 is 16.7 Å². The number of rotatable bonds is 2. The Morgan fingerprint density at radius 1 is 1.53 bits per heavy atom. The van der Waals surface area contributed by atoms with Crippen molar-refractivity contribution in [2.24, 2.45) is 10.9 Å². The molecule has 3 N–H and O–H groups in total. The van der Waals surface area contributed by atoms with Crippen molar-refractivity contribution < 1.29 is 26.3 Å². The smallest absolute Gasteiger partial charge is 0.143 e. The van der Waals surface area contributed by atoms with Gasteiger partial charge in [0.25, 0.3) is 0 Å². The quantitative estimate of drug-likeness (QED) is 0.276. The first-order valence-corrected chi connectivity index (χ1v) is 4.13. The van der Waals surface area contributed by atoms with Gasteiger partial charge in [0.15, 0.2) is 0 Å². The monoisotopic (exact) mass is 287 g/mol. The molecule has 1 aromatic carbocycles. The second-order valence-electron chi connectivity index (χ2n) is 3.01. The second kappa shape index (κ2) is 4.93. The molecule has 1 aromatic heterocycles. The van der Waals surface area contributed by atoms with Crippen LogP contribution in [0.25, 0.3) is 10.9 Å². The van der Waals surface area contributed by atoms with Crippen LogP contribution in [0.3, 0.4) is 0 Å². The topological polar surface area (TPSA) is 85.6 Å². The van der Waals surface area contributed by atoms with Gasteiger partial charge in [0.2, 0.25) is 0 Å². The molecule has 0 unspecified atom stereocenters. The molecular weight excluding hydrogens is 276 g/mol. The molecule has 0 aliphatic carbocycles. The van der Waals surface area contributed by atoms with Gasteiger partial charge < -0.3 is 21.1 Å². The number of oxime groups is 1. The molecule has 0 saturated heterocycles. The van der Waals surface area contributed by atoms with Crippen LogP contribution in [0, 0.1) is 0 Å². The van der Waals surface area contributed by atoms with Crippen LogP contribution in [0.1, 0.15) is 5.56 Å². The summed E-state index contributed by atoms with van der Waals surface area (Å²) in [7, 11) is 0. The predicted octanol–water partition coefficient (Wildman–Crippen LogP) is 0.478. The van der Waals surface area contributed by atoms with Crippen LogP contribution in [0.5, 0.6) is 0 Å². The maximum Gasteiger partial charge on any atom is 0.143 e. The molecule has 0 aliphatic rings. The third-order valence-corrected chi connectivity index (χ3v) is 1.97. The summed E-state index contributed by atoms with van der Waals surface area (Å²) >= 11 is 0. The first-order chi connectivity index (χ1) is 6.79. The Morgan fingerprint density at radius 2 is 2.33 bits per heavy atom. The number of nitrogens with zero attached hydrogens (tertiary/aromatic N) is 3. The molecule has 0 bridgehead atoms. The fourth-order valence-electron chi connectivity index (χ4n) is 1.31. The summed E-state index contributed by atoms with van der Waals surface area (Å²) < 4.78 is 0. The van der Waals surface area contributed by atoms with E-state index >= 15 is 0 Å². The molecule has 15 heavy (non-hydrogen) atoms. The van der Waals surface area contributed by atoms with Crippen molar-refractivity contribution in [2.75, 3.05) is 0 Å². The molecule has 6 heteroatoms. The molecule has 1 heterocycles. The van der Waals surface area contributed by atoms with Crippen LogP contribution in [0.2, 0.25) is 0 Å². The van der Waals surface area contributed by atoms with E-state index in [9.17, 15) is 0 Å². The first-order valence-electron chi connectivity index (χ1n) is 4.13. The predicted molar refractivity (Wildman–Crippen MR) is 52.2 cm³/mol. The third kappa shape index (κ3) is 2.56. The molecule has 0 amide bonds. The normalized spacial score (nSPS) is 11.3. The van der Waals surface area contributed by atoms with Crippen molar-refractivity contribution in [3.05, 3.63) is 30.0 Å². The summed E-state index contributed by atoms with van der Waals surface area (Å²) in [6.07, 6.45) is 2.11. The Kier molecular flexibility index (Phi) is 3.86. The van der Waals surface area contributed by atoms with Gasteiger partial charge in [-0.05, 0) is 10.9 Å². The van der Waals surface area contributed by atoms with Crippen LogP contribution >= 0.6 is 0 Å². The van der Waals surface area contributed by atoms with Gasteiger partial charge in [-0.2, -0.15) is 0 Å². The molecule has 5 nitrogen and oxygen atoms in total. The number of benzene rings is 1. The van der Waals surface area contributed by atoms with Crippen molar-refractivity contribution in [1.82, 2.24) is 10.2 Å². The summed E-state index contributed by atoms with van der Waals surface area (Å²) in [5.74, 6) is 0.192. The van der Waals surface area contributed by atoms with E-state index < -0.39 is 0 Å². The van der Waals surface area contributed by atoms with Gasteiger partial charge in [-0.15, -0.1) is 5.52 Å². The Bertz CT molecular complexity index is 480. The summed E-state index contributed by atoms with van der Waals surface area (Å²) in [4.78, 5) is 0. The molecule has 2 aromatic rings. The van der Waals surface area contributed by atoms with E-state index in [1.54, 1.807) is 6.20 Å². The SMILES string of the molecule is N/C(Cc1ccc2[n-]ncc2c1)=N\O.[Mo]. The van der Waals surface area contributed by atoms with E-state index in [4.69, 9.17) is 10.9 Å². The number of hydrogen-bond donors (Lipinski definition) is 2. The van der Waals surface area contributed by atoms with Crippen LogP contribution in [-0.4, -0.2) is 16.1 Å². The van der Waals surface area contributed by atoms with Gasteiger partial charge in [-0.25, -0.2) is 0 Å². The Balaban J connectivity index is 0.00000112. The van der Waals surface area contributed by atoms with E-state index in [0.717, 1.165) is 16.5 Å². The maximum absolute atomic E-state index is 8.41. The Morgan fingerprint density at radius 3 is 3.07 bits per heavy atom. The Hall–Kier alpha value is -1.35. The molecule has 0 aliphatic heterocycles. The molecule has 2 rings (SSSR count). The average Bonchev–Trinajstić information content (AvgIpc) is 2.64. The van der Waals surface area contributed by atoms with Gasteiger partial charge in [0.05, 0.1) is 0 Å². The van der Waals surface area contributed by atoms with E-state index in [2.05, 4.69) is 15.4 Å². The molecule has 0 radical (unpaired) electrons. The first kappa shape index (κ1) is 11.7. The van der Waals surface area contributed by atoms with Crippen molar-refractivity contribution in [3.63, 3.8) is 0 Å². The number of fused-ring (bicyclic) bond motifs is 1. The molecule has 0 atom stereocenters. The fraction of sp³-hybridized carbons (Fsp3) is 0.111. The van der Waals surface area contributed by atoms with E-state index in [-0.39, 0.29) is 26.9 Å². The Labute approximate surface area is 101 Å². The fourth-order valence-corrected chi connectivity index (χ4v) is 1.31. The van der Waals surface area contributed by atoms with E-state index in [1.165, 1.54) is 0 Å². The molecular formula is C9H9MoN4O-. The zero-order chi connectivity index (χ0) is 9.97. The van der Waals surface area contributed by atoms with Crippen LogP contribution in [0.4, 0.5) is 0 Å². The third-order valence-electron chi connectivity index (χ3n) is 1.97. The van der Waals surface area contributed by atoms with Crippen LogP contribution in [0.15, 0.2) is 29.6 Å². The number of hydrogen-bond acceptors (Lipinski definition) is 3. The minimum atomic E-state index is 0. The maximum atomic E-state index is 8.41. The van der Waals surface area contributed by atoms with Gasteiger partial charge in [0.1, 0.15) is 5.84 Å². The second-order valence-corrected chi connectivity index (χ2v) is 3.01. The van der Waals surface area contributed by atoms with Crippen LogP contribution in [-0.2, 0) is 27.5 Å². The minimum Gasteiger partial charge on any atom is -0.575 e. The summed E-state index contributed by atoms with van der Waals surface area (Å²) in [5.41, 5.74) is 7.22. The van der Waals surface area contributed by atoms with E-state index in [0.29, 0.717) is 6.42 Å². The number of nitrogens with two attached hydrogens (primary N) is 1. The van der Waals surface area contributed by atoms with Gasteiger partial charge in [0, 0.05) is 33.7 Å². The molecule has 0 fully saturated rings. The summed E-state index contributed by atoms with van der Waals surface area (Å²) in [6, 6.07) is 5.67. The zero-order valence-corrected chi connectivity index (χ0v) is 9.80. The zero-order valence-electron chi connectivity index (χ0n) is 7.79. The summed E-state index contributed by atoms with van der Waals surface area (Å²) in [6.45, 7) is 0. The van der Waals surface area contributed by atoms with Crippen LogP contribution < -0.4 is 10.8 Å². The average molecular weight is 285 g/mol. The van der Waals surface area contributed by atoms with E-state index in [1.807, 2.05) is 18.2 Å². The minimum absolute atomic E-state index is 0. The van der Waals surface area contributed by atoms with Gasteiger partial charge in [-0.3, -0.25) is 0 Å². The summed E-state index contributed by atoms with van der Waals surface area (Å²) in [5, 5.41) is 20.0.